The molecule has 250 valence electrons. The summed E-state index contributed by atoms with van der Waals surface area (Å²) >= 11 is 0. The smallest absolute Gasteiger partial charge is 0.408 e. The van der Waals surface area contributed by atoms with Gasteiger partial charge >= 0.3 is 6.09 Å². The molecule has 3 rings (SSSR count). The number of likely N-dealkylation sites (tertiary alicyclic amines) is 1. The molecular weight excluding hydrogens is 594 g/mol. The van der Waals surface area contributed by atoms with Crippen molar-refractivity contribution < 1.29 is 38.9 Å². The van der Waals surface area contributed by atoms with E-state index in [-0.39, 0.29) is 32.1 Å². The van der Waals surface area contributed by atoms with Crippen LogP contribution in [0.4, 0.5) is 4.79 Å². The second-order valence-corrected chi connectivity index (χ2v) is 11.6. The molecule has 1 aliphatic rings. The number of hydrogen-bond donors (Lipinski definition) is 6. The highest BCUT2D eigenvalue weighted by Gasteiger charge is 2.41. The lowest BCUT2D eigenvalue weighted by Crippen LogP contribution is -2.59. The molecule has 46 heavy (non-hydrogen) atoms. The molecule has 2 aromatic rings. The SMILES string of the molecule is CC[C@H](C)[C@@H](CO)NC(=O)[C@@H]1CCCN1C(=O)C(O)C(Cc1ccccc1)NC(=O)[C@H](CC(N)=O)NC(=O)OCc1ccccc1. The number of rotatable bonds is 16. The minimum absolute atomic E-state index is 0.00754. The summed E-state index contributed by atoms with van der Waals surface area (Å²) in [5.74, 6) is -2.92. The van der Waals surface area contributed by atoms with Crippen molar-refractivity contribution in [3.05, 3.63) is 71.8 Å². The van der Waals surface area contributed by atoms with E-state index in [2.05, 4.69) is 16.0 Å². The fourth-order valence-electron chi connectivity index (χ4n) is 5.29. The van der Waals surface area contributed by atoms with Crippen molar-refractivity contribution in [1.82, 2.24) is 20.9 Å². The van der Waals surface area contributed by atoms with Gasteiger partial charge in [0, 0.05) is 6.54 Å². The number of benzene rings is 2. The number of primary amides is 1. The third-order valence-corrected chi connectivity index (χ3v) is 8.18. The predicted molar refractivity (Wildman–Crippen MR) is 169 cm³/mol. The molecule has 6 atom stereocenters. The van der Waals surface area contributed by atoms with Crippen LogP contribution in [-0.4, -0.2) is 88.3 Å². The molecule has 1 aliphatic heterocycles. The predicted octanol–water partition coefficient (Wildman–Crippen LogP) is 0.759. The Hall–Kier alpha value is -4.49. The minimum Gasteiger partial charge on any atom is -0.445 e. The second-order valence-electron chi connectivity index (χ2n) is 11.6. The number of nitrogens with one attached hydrogen (secondary N) is 3. The van der Waals surface area contributed by atoms with Crippen molar-refractivity contribution >= 4 is 29.7 Å². The normalized spacial score (nSPS) is 17.6. The standard InChI is InChI=1S/C33H45N5O8/c1-3-21(2)26(19-39)36-31(43)27-15-10-16-38(27)32(44)29(41)24(17-22-11-6-4-7-12-22)35-30(42)25(18-28(34)40)37-33(45)46-20-23-13-8-5-9-14-23/h4-9,11-14,21,24-27,29,39,41H,3,10,15-20H2,1-2H3,(H2,34,40)(H,35,42)(H,36,43)(H,37,45)/t21-,24?,25-,26+,27-,29?/m0/s1. The molecule has 1 saturated heterocycles. The van der Waals surface area contributed by atoms with E-state index >= 15 is 0 Å². The topological polar surface area (TPSA) is 200 Å². The number of aliphatic hydroxyl groups excluding tert-OH is 2. The average molecular weight is 640 g/mol. The van der Waals surface area contributed by atoms with Gasteiger partial charge in [-0.2, -0.15) is 0 Å². The van der Waals surface area contributed by atoms with Gasteiger partial charge in [-0.1, -0.05) is 80.9 Å². The number of carbonyl (C=O) groups is 5. The maximum Gasteiger partial charge on any atom is 0.408 e. The first-order chi connectivity index (χ1) is 22.0. The summed E-state index contributed by atoms with van der Waals surface area (Å²) in [6, 6.07) is 13.7. The lowest BCUT2D eigenvalue weighted by atomic mass is 9.98. The van der Waals surface area contributed by atoms with Crippen molar-refractivity contribution in [3.8, 4) is 0 Å². The van der Waals surface area contributed by atoms with E-state index in [0.717, 1.165) is 6.42 Å². The molecule has 0 aliphatic carbocycles. The Morgan fingerprint density at radius 2 is 1.59 bits per heavy atom. The van der Waals surface area contributed by atoms with E-state index in [1.54, 1.807) is 60.7 Å². The monoisotopic (exact) mass is 639 g/mol. The quantitative estimate of drug-likeness (QED) is 0.155. The zero-order valence-electron chi connectivity index (χ0n) is 26.3. The maximum absolute atomic E-state index is 13.7. The molecule has 0 saturated carbocycles. The number of hydrogen-bond acceptors (Lipinski definition) is 8. The van der Waals surface area contributed by atoms with Crippen LogP contribution in [0.2, 0.25) is 0 Å². The van der Waals surface area contributed by atoms with E-state index in [1.165, 1.54) is 4.90 Å². The molecular formula is C33H45N5O8. The molecule has 1 fully saturated rings. The third-order valence-electron chi connectivity index (χ3n) is 8.18. The van der Waals surface area contributed by atoms with Crippen LogP contribution in [0.5, 0.6) is 0 Å². The first-order valence-electron chi connectivity index (χ1n) is 15.5. The zero-order chi connectivity index (χ0) is 33.6. The van der Waals surface area contributed by atoms with Crippen LogP contribution in [0, 0.1) is 5.92 Å². The lowest BCUT2D eigenvalue weighted by molar-refractivity contribution is -0.147. The largest absolute Gasteiger partial charge is 0.445 e. The van der Waals surface area contributed by atoms with Crippen LogP contribution in [0.25, 0.3) is 0 Å². The van der Waals surface area contributed by atoms with E-state index in [0.29, 0.717) is 24.0 Å². The number of aliphatic hydroxyl groups is 2. The molecule has 7 N–H and O–H groups in total. The van der Waals surface area contributed by atoms with Crippen LogP contribution >= 0.6 is 0 Å². The number of carbonyl (C=O) groups excluding carboxylic acids is 5. The second kappa shape index (κ2) is 17.9. The van der Waals surface area contributed by atoms with Gasteiger partial charge in [-0.15, -0.1) is 0 Å². The van der Waals surface area contributed by atoms with E-state index in [1.807, 2.05) is 13.8 Å². The molecule has 1 heterocycles. The van der Waals surface area contributed by atoms with Crippen molar-refractivity contribution in [1.29, 1.82) is 0 Å². The van der Waals surface area contributed by atoms with Crippen molar-refractivity contribution in [3.63, 3.8) is 0 Å². The third kappa shape index (κ3) is 10.6. The van der Waals surface area contributed by atoms with E-state index in [4.69, 9.17) is 10.5 Å². The Morgan fingerprint density at radius 1 is 0.957 bits per heavy atom. The Morgan fingerprint density at radius 3 is 2.17 bits per heavy atom. The number of nitrogens with zero attached hydrogens (tertiary/aromatic N) is 1. The van der Waals surface area contributed by atoms with Crippen molar-refractivity contribution in [2.45, 2.75) is 82.8 Å². The first kappa shape index (κ1) is 36.0. The fourth-order valence-corrected chi connectivity index (χ4v) is 5.29. The van der Waals surface area contributed by atoms with Crippen LogP contribution in [0.15, 0.2) is 60.7 Å². The summed E-state index contributed by atoms with van der Waals surface area (Å²) in [5, 5.41) is 28.9. The fraction of sp³-hybridized carbons (Fsp3) is 0.485. The summed E-state index contributed by atoms with van der Waals surface area (Å²) in [5.41, 5.74) is 6.76. The van der Waals surface area contributed by atoms with Crippen LogP contribution in [-0.2, 0) is 36.9 Å². The molecule has 2 aromatic carbocycles. The summed E-state index contributed by atoms with van der Waals surface area (Å²) in [6.45, 7) is 3.73. The highest BCUT2D eigenvalue weighted by atomic mass is 16.5. The zero-order valence-corrected chi connectivity index (χ0v) is 26.3. The van der Waals surface area contributed by atoms with Gasteiger partial charge in [-0.25, -0.2) is 4.79 Å². The Bertz CT molecular complexity index is 1310. The summed E-state index contributed by atoms with van der Waals surface area (Å²) in [4.78, 5) is 66.0. The average Bonchev–Trinajstić information content (AvgIpc) is 3.55. The molecule has 5 amide bonds. The minimum atomic E-state index is -1.78. The first-order valence-corrected chi connectivity index (χ1v) is 15.5. The number of alkyl carbamates (subject to hydrolysis) is 1. The maximum atomic E-state index is 13.7. The van der Waals surface area contributed by atoms with Crippen molar-refractivity contribution in [2.75, 3.05) is 13.2 Å². The highest BCUT2D eigenvalue weighted by Crippen LogP contribution is 2.21. The van der Waals surface area contributed by atoms with Crippen LogP contribution in [0.1, 0.15) is 50.7 Å². The molecule has 2 unspecified atom stereocenters. The van der Waals surface area contributed by atoms with E-state index < -0.39 is 66.4 Å². The van der Waals surface area contributed by atoms with Crippen LogP contribution in [0.3, 0.4) is 0 Å². The van der Waals surface area contributed by atoms with Gasteiger partial charge in [0.15, 0.2) is 6.10 Å². The summed E-state index contributed by atoms with van der Waals surface area (Å²) < 4.78 is 5.19. The molecule has 0 radical (unpaired) electrons. The molecule has 0 bridgehead atoms. The molecule has 13 heteroatoms. The highest BCUT2D eigenvalue weighted by molar-refractivity contribution is 5.93. The Balaban J connectivity index is 1.76. The van der Waals surface area contributed by atoms with Gasteiger partial charge < -0.3 is 41.5 Å². The summed E-state index contributed by atoms with van der Waals surface area (Å²) in [6.07, 6.45) is -1.67. The Labute approximate surface area is 268 Å². The molecule has 13 nitrogen and oxygen atoms in total. The van der Waals surface area contributed by atoms with Crippen LogP contribution < -0.4 is 21.7 Å². The molecule has 0 spiro atoms. The Kier molecular flexibility index (Phi) is 14.0. The molecule has 0 aromatic heterocycles. The number of amides is 5. The van der Waals surface area contributed by atoms with Gasteiger partial charge in [0.25, 0.3) is 5.91 Å². The van der Waals surface area contributed by atoms with Gasteiger partial charge in [0.2, 0.25) is 17.7 Å². The van der Waals surface area contributed by atoms with Crippen molar-refractivity contribution in [2.24, 2.45) is 11.7 Å². The van der Waals surface area contributed by atoms with E-state index in [9.17, 15) is 34.2 Å². The summed E-state index contributed by atoms with van der Waals surface area (Å²) in [7, 11) is 0. The lowest BCUT2D eigenvalue weighted by Gasteiger charge is -2.32. The number of ether oxygens (including phenoxy) is 1. The van der Waals surface area contributed by atoms with Gasteiger partial charge in [-0.05, 0) is 36.3 Å². The number of nitrogens with two attached hydrogens (primary N) is 1. The van der Waals surface area contributed by atoms with Gasteiger partial charge in [0.1, 0.15) is 18.7 Å². The van der Waals surface area contributed by atoms with Gasteiger partial charge in [-0.3, -0.25) is 19.2 Å². The van der Waals surface area contributed by atoms with Gasteiger partial charge in [0.05, 0.1) is 25.1 Å².